The maximum absolute atomic E-state index is 12.1. The molecule has 1 atom stereocenters. The van der Waals surface area contributed by atoms with Gasteiger partial charge in [0.25, 0.3) is 5.91 Å². The molecule has 4 nitrogen and oxygen atoms in total. The fourth-order valence-corrected chi connectivity index (χ4v) is 1.74. The van der Waals surface area contributed by atoms with E-state index in [2.05, 4.69) is 5.32 Å². The lowest BCUT2D eigenvalue weighted by Gasteiger charge is -2.09. The molecule has 0 aliphatic rings. The number of aryl methyl sites for hydroxylation is 1. The Kier molecular flexibility index (Phi) is 3.80. The Morgan fingerprint density at radius 3 is 2.58 bits per heavy atom. The maximum Gasteiger partial charge on any atom is 0.293 e. The Morgan fingerprint density at radius 2 is 1.95 bits per heavy atom. The molecule has 1 aromatic carbocycles. The van der Waals surface area contributed by atoms with Gasteiger partial charge in [-0.2, -0.15) is 4.57 Å². The van der Waals surface area contributed by atoms with E-state index in [4.69, 9.17) is 0 Å². The van der Waals surface area contributed by atoms with Crippen molar-refractivity contribution in [2.45, 2.75) is 19.9 Å². The van der Waals surface area contributed by atoms with E-state index in [0.29, 0.717) is 0 Å². The summed E-state index contributed by atoms with van der Waals surface area (Å²) < 4.78 is 1.67. The normalized spacial score (nSPS) is 11.9. The van der Waals surface area contributed by atoms with Crippen LogP contribution in [0.15, 0.2) is 48.8 Å². The van der Waals surface area contributed by atoms with Crippen LogP contribution >= 0.6 is 0 Å². The number of amides is 1. The Labute approximate surface area is 112 Å². The number of hydrogen-bond acceptors (Lipinski definition) is 2. The third-order valence-electron chi connectivity index (χ3n) is 2.95. The number of benzene rings is 1. The Bertz CT molecular complexity index is 579. The van der Waals surface area contributed by atoms with Crippen LogP contribution in [0.1, 0.15) is 18.5 Å². The minimum Gasteiger partial charge on any atom is -0.503 e. The summed E-state index contributed by atoms with van der Waals surface area (Å²) in [6.07, 6.45) is 3.28. The second-order valence-corrected chi connectivity index (χ2v) is 4.54. The van der Waals surface area contributed by atoms with Crippen molar-refractivity contribution in [3.63, 3.8) is 0 Å². The minimum absolute atomic E-state index is 0.126. The highest BCUT2D eigenvalue weighted by atomic mass is 16.3. The number of carbonyl (C=O) groups is 1. The molecular formula is C15H17N2O2+. The van der Waals surface area contributed by atoms with Crippen LogP contribution in [0, 0.1) is 6.92 Å². The molecule has 0 bridgehead atoms. The molecule has 1 amide bonds. The van der Waals surface area contributed by atoms with Gasteiger partial charge in [-0.3, -0.25) is 4.79 Å². The van der Waals surface area contributed by atoms with Gasteiger partial charge in [0, 0.05) is 18.7 Å². The summed E-state index contributed by atoms with van der Waals surface area (Å²) in [5.41, 5.74) is 1.91. The van der Waals surface area contributed by atoms with Crippen molar-refractivity contribution >= 4 is 11.6 Å². The van der Waals surface area contributed by atoms with Gasteiger partial charge in [-0.05, 0) is 25.1 Å². The molecule has 1 heterocycles. The van der Waals surface area contributed by atoms with Gasteiger partial charge in [0.15, 0.2) is 11.9 Å². The first-order valence-corrected chi connectivity index (χ1v) is 6.13. The van der Waals surface area contributed by atoms with E-state index in [1.807, 2.05) is 31.2 Å². The predicted molar refractivity (Wildman–Crippen MR) is 72.8 cm³/mol. The van der Waals surface area contributed by atoms with Crippen LogP contribution in [0.3, 0.4) is 0 Å². The fraction of sp³-hybridized carbons (Fsp3) is 0.200. The lowest BCUT2D eigenvalue weighted by atomic mass is 10.2. The molecule has 4 heteroatoms. The molecule has 98 valence electrons. The first-order chi connectivity index (χ1) is 9.06. The van der Waals surface area contributed by atoms with Crippen LogP contribution in [0.2, 0.25) is 0 Å². The molecule has 0 saturated carbocycles. The van der Waals surface area contributed by atoms with E-state index < -0.39 is 6.04 Å². The average Bonchev–Trinajstić information content (AvgIpc) is 2.40. The Balaban J connectivity index is 2.09. The number of nitrogens with one attached hydrogen (secondary N) is 1. The summed E-state index contributed by atoms with van der Waals surface area (Å²) in [5, 5.41) is 12.3. The number of aromatic nitrogens is 1. The van der Waals surface area contributed by atoms with E-state index in [1.54, 1.807) is 29.8 Å². The number of anilines is 1. The van der Waals surface area contributed by atoms with Gasteiger partial charge in [0.1, 0.15) is 0 Å². The van der Waals surface area contributed by atoms with Crippen molar-refractivity contribution in [1.82, 2.24) is 0 Å². The van der Waals surface area contributed by atoms with Gasteiger partial charge in [-0.15, -0.1) is 0 Å². The van der Waals surface area contributed by atoms with Gasteiger partial charge >= 0.3 is 0 Å². The second-order valence-electron chi connectivity index (χ2n) is 4.54. The van der Waals surface area contributed by atoms with Gasteiger partial charge in [-0.1, -0.05) is 17.7 Å². The molecule has 2 aromatic rings. The van der Waals surface area contributed by atoms with Gasteiger partial charge in [0.2, 0.25) is 12.2 Å². The van der Waals surface area contributed by atoms with Crippen LogP contribution < -0.4 is 9.88 Å². The lowest BCUT2D eigenvalue weighted by Crippen LogP contribution is -2.43. The smallest absolute Gasteiger partial charge is 0.293 e. The van der Waals surface area contributed by atoms with E-state index in [-0.39, 0.29) is 11.7 Å². The van der Waals surface area contributed by atoms with Crippen molar-refractivity contribution in [2.24, 2.45) is 0 Å². The van der Waals surface area contributed by atoms with Crippen LogP contribution in [0.4, 0.5) is 5.69 Å². The zero-order valence-corrected chi connectivity index (χ0v) is 11.0. The summed E-state index contributed by atoms with van der Waals surface area (Å²) in [7, 11) is 0. The van der Waals surface area contributed by atoms with Crippen molar-refractivity contribution < 1.29 is 14.5 Å². The average molecular weight is 257 g/mol. The highest BCUT2D eigenvalue weighted by molar-refractivity contribution is 5.92. The molecule has 0 aliphatic carbocycles. The number of nitrogens with zero attached hydrogens (tertiary/aromatic N) is 1. The minimum atomic E-state index is -0.395. The third kappa shape index (κ3) is 3.31. The van der Waals surface area contributed by atoms with Gasteiger partial charge in [-0.25, -0.2) is 0 Å². The summed E-state index contributed by atoms with van der Waals surface area (Å²) in [5.74, 6) is 0.0111. The van der Waals surface area contributed by atoms with Gasteiger partial charge in [0.05, 0.1) is 0 Å². The zero-order chi connectivity index (χ0) is 13.8. The molecule has 0 fully saturated rings. The quantitative estimate of drug-likeness (QED) is 0.828. The molecular weight excluding hydrogens is 240 g/mol. The summed E-state index contributed by atoms with van der Waals surface area (Å²) >= 11 is 0. The summed E-state index contributed by atoms with van der Waals surface area (Å²) in [4.78, 5) is 12.1. The Hall–Kier alpha value is -2.36. The lowest BCUT2D eigenvalue weighted by molar-refractivity contribution is -0.705. The van der Waals surface area contributed by atoms with E-state index >= 15 is 0 Å². The van der Waals surface area contributed by atoms with Crippen molar-refractivity contribution in [3.05, 3.63) is 54.4 Å². The molecule has 2 rings (SSSR count). The Morgan fingerprint density at radius 1 is 1.26 bits per heavy atom. The summed E-state index contributed by atoms with van der Waals surface area (Å²) in [6.45, 7) is 3.78. The first-order valence-electron chi connectivity index (χ1n) is 6.13. The number of carbonyl (C=O) groups excluding carboxylic acids is 1. The fourth-order valence-electron chi connectivity index (χ4n) is 1.74. The van der Waals surface area contributed by atoms with Crippen molar-refractivity contribution in [2.75, 3.05) is 5.32 Å². The standard InChI is InChI=1S/C15H16N2O2/c1-11-5-7-13(8-6-11)16-15(19)12(2)17-9-3-4-14(18)10-17/h3-10,12H,1-2H3,(H-,16,18,19)/p+1/t12-/m0/s1. The topological polar surface area (TPSA) is 53.2 Å². The van der Waals surface area contributed by atoms with Crippen LogP contribution in [-0.4, -0.2) is 11.0 Å². The SMILES string of the molecule is Cc1ccc(NC(=O)[C@H](C)[n+]2cccc(O)c2)cc1. The van der Waals surface area contributed by atoms with Crippen LogP contribution in [-0.2, 0) is 4.79 Å². The largest absolute Gasteiger partial charge is 0.503 e. The molecule has 1 aromatic heterocycles. The molecule has 0 aliphatic heterocycles. The number of aromatic hydroxyl groups is 1. The van der Waals surface area contributed by atoms with Crippen LogP contribution in [0.5, 0.6) is 5.75 Å². The van der Waals surface area contributed by atoms with E-state index in [0.717, 1.165) is 11.3 Å². The van der Waals surface area contributed by atoms with E-state index in [9.17, 15) is 9.90 Å². The molecule has 19 heavy (non-hydrogen) atoms. The monoisotopic (exact) mass is 257 g/mol. The molecule has 0 saturated heterocycles. The third-order valence-corrected chi connectivity index (χ3v) is 2.95. The zero-order valence-electron chi connectivity index (χ0n) is 11.0. The highest BCUT2D eigenvalue weighted by Gasteiger charge is 2.22. The molecule has 0 radical (unpaired) electrons. The van der Waals surface area contributed by atoms with Crippen molar-refractivity contribution in [3.8, 4) is 5.75 Å². The number of hydrogen-bond donors (Lipinski definition) is 2. The number of rotatable bonds is 3. The highest BCUT2D eigenvalue weighted by Crippen LogP contribution is 2.11. The second kappa shape index (κ2) is 5.52. The van der Waals surface area contributed by atoms with Crippen molar-refractivity contribution in [1.29, 1.82) is 0 Å². The van der Waals surface area contributed by atoms with E-state index in [1.165, 1.54) is 6.20 Å². The molecule has 2 N–H and O–H groups in total. The number of pyridine rings is 1. The summed E-state index contributed by atoms with van der Waals surface area (Å²) in [6, 6.07) is 10.5. The first kappa shape index (κ1) is 13.1. The molecule has 0 spiro atoms. The van der Waals surface area contributed by atoms with Crippen LogP contribution in [0.25, 0.3) is 0 Å². The van der Waals surface area contributed by atoms with Gasteiger partial charge < -0.3 is 10.4 Å². The predicted octanol–water partition coefficient (Wildman–Crippen LogP) is 2.19. The molecule has 0 unspecified atom stereocenters. The maximum atomic E-state index is 12.1.